The van der Waals surface area contributed by atoms with Crippen LogP contribution < -0.4 is 0 Å². The van der Waals surface area contributed by atoms with Gasteiger partial charge in [0.15, 0.2) is 0 Å². The molecule has 0 aliphatic carbocycles. The minimum Gasteiger partial charge on any atom is -0.431 e. The largest absolute Gasteiger partial charge is 0.431 e. The van der Waals surface area contributed by atoms with Crippen molar-refractivity contribution in [1.29, 1.82) is 0 Å². The molecule has 1 aromatic carbocycles. The second kappa shape index (κ2) is 6.61. The maximum Gasteiger partial charge on any atom is 0.295 e. The molecule has 0 N–H and O–H groups in total. The lowest BCUT2D eigenvalue weighted by atomic mass is 9.62. The van der Waals surface area contributed by atoms with Crippen LogP contribution in [-0.2, 0) is 11.0 Å². The van der Waals surface area contributed by atoms with Gasteiger partial charge >= 0.3 is 0 Å². The highest BCUT2D eigenvalue weighted by Gasteiger charge is 2.38. The van der Waals surface area contributed by atoms with Crippen LogP contribution >= 0.6 is 0 Å². The highest BCUT2D eigenvalue weighted by molar-refractivity contribution is 6.49. The summed E-state index contributed by atoms with van der Waals surface area (Å²) >= 11 is 0. The van der Waals surface area contributed by atoms with E-state index < -0.39 is 0 Å². The van der Waals surface area contributed by atoms with Crippen molar-refractivity contribution < 1.29 is 4.65 Å². The van der Waals surface area contributed by atoms with Crippen molar-refractivity contribution in [2.75, 3.05) is 0 Å². The third-order valence-electron chi connectivity index (χ3n) is 4.37. The molecule has 0 saturated heterocycles. The maximum absolute atomic E-state index is 6.36. The summed E-state index contributed by atoms with van der Waals surface area (Å²) in [4.78, 5) is 0. The fourth-order valence-electron chi connectivity index (χ4n) is 2.58. The van der Waals surface area contributed by atoms with E-state index in [1.54, 1.807) is 0 Å². The highest BCUT2D eigenvalue weighted by atomic mass is 16.5. The fourth-order valence-corrected chi connectivity index (χ4v) is 2.58. The molecular weight excluding hydrogens is 231 g/mol. The molecule has 0 aliphatic heterocycles. The van der Waals surface area contributed by atoms with Crippen molar-refractivity contribution >= 4 is 6.92 Å². The van der Waals surface area contributed by atoms with Gasteiger partial charge in [0.05, 0.1) is 5.60 Å². The van der Waals surface area contributed by atoms with E-state index in [4.69, 9.17) is 4.65 Å². The molecule has 0 atom stereocenters. The average Bonchev–Trinajstić information content (AvgIpc) is 2.28. The fraction of sp³-hybridized carbons (Fsp3) is 0.647. The van der Waals surface area contributed by atoms with Crippen molar-refractivity contribution in [3.05, 3.63) is 35.9 Å². The van der Waals surface area contributed by atoms with E-state index in [1.807, 2.05) is 0 Å². The van der Waals surface area contributed by atoms with Gasteiger partial charge < -0.3 is 4.65 Å². The molecule has 0 aromatic heterocycles. The molecule has 0 heterocycles. The molecule has 106 valence electrons. The van der Waals surface area contributed by atoms with E-state index in [2.05, 4.69) is 71.8 Å². The van der Waals surface area contributed by atoms with Crippen LogP contribution in [0.2, 0.25) is 6.82 Å². The first-order valence-electron chi connectivity index (χ1n) is 7.50. The summed E-state index contributed by atoms with van der Waals surface area (Å²) in [5.74, 6) is 0. The second-order valence-corrected chi connectivity index (χ2v) is 6.76. The predicted octanol–water partition coefficient (Wildman–Crippen LogP) is 5.01. The van der Waals surface area contributed by atoms with Gasteiger partial charge in [0, 0.05) is 0 Å². The molecule has 2 heteroatoms. The zero-order valence-electron chi connectivity index (χ0n) is 13.5. The molecule has 0 bridgehead atoms. The lowest BCUT2D eigenvalue weighted by molar-refractivity contribution is -0.0191. The average molecular weight is 260 g/mol. The van der Waals surface area contributed by atoms with E-state index >= 15 is 0 Å². The molecule has 0 unspecified atom stereocenters. The quantitative estimate of drug-likeness (QED) is 0.626. The van der Waals surface area contributed by atoms with Gasteiger partial charge in [-0.25, -0.2) is 0 Å². The molecule has 0 saturated carbocycles. The minimum absolute atomic E-state index is 0.1000. The first kappa shape index (κ1) is 16.3. The third kappa shape index (κ3) is 4.69. The smallest absolute Gasteiger partial charge is 0.295 e. The van der Waals surface area contributed by atoms with Crippen molar-refractivity contribution in [3.8, 4) is 0 Å². The Balaban J connectivity index is 2.62. The Bertz CT molecular complexity index is 370. The summed E-state index contributed by atoms with van der Waals surface area (Å²) in [5.41, 5.74) is 1.45. The molecule has 0 amide bonds. The Morgan fingerprint density at radius 1 is 1.05 bits per heavy atom. The topological polar surface area (TPSA) is 9.23 Å². The molecule has 1 aromatic rings. The zero-order chi connectivity index (χ0) is 14.5. The van der Waals surface area contributed by atoms with Crippen LogP contribution in [0.4, 0.5) is 0 Å². The monoisotopic (exact) mass is 260 g/mol. The Labute approximate surface area is 119 Å². The van der Waals surface area contributed by atoms with E-state index in [0.29, 0.717) is 0 Å². The summed E-state index contributed by atoms with van der Waals surface area (Å²) in [6.07, 6.45) is 3.37. The van der Waals surface area contributed by atoms with Gasteiger partial charge in [-0.1, -0.05) is 69.9 Å². The predicted molar refractivity (Wildman–Crippen MR) is 85.6 cm³/mol. The van der Waals surface area contributed by atoms with Gasteiger partial charge in [-0.3, -0.25) is 0 Å². The van der Waals surface area contributed by atoms with Crippen LogP contribution in [0.3, 0.4) is 0 Å². The minimum atomic E-state index is -0.1000. The summed E-state index contributed by atoms with van der Waals surface area (Å²) in [6.45, 7) is 13.7. The SMILES string of the molecule is CCCC(C)(C)C(C)(C)OB(C)Cc1ccccc1. The van der Waals surface area contributed by atoms with E-state index in [9.17, 15) is 0 Å². The van der Waals surface area contributed by atoms with E-state index in [1.165, 1.54) is 18.4 Å². The van der Waals surface area contributed by atoms with Crippen LogP contribution in [-0.4, -0.2) is 12.5 Å². The molecule has 1 nitrogen and oxygen atoms in total. The Morgan fingerprint density at radius 3 is 2.16 bits per heavy atom. The third-order valence-corrected chi connectivity index (χ3v) is 4.37. The molecule has 19 heavy (non-hydrogen) atoms. The van der Waals surface area contributed by atoms with E-state index in [0.717, 1.165) is 6.32 Å². The first-order valence-corrected chi connectivity index (χ1v) is 7.50. The number of rotatable bonds is 7. The maximum atomic E-state index is 6.36. The Hall–Kier alpha value is -0.755. The van der Waals surface area contributed by atoms with Gasteiger partial charge in [0.1, 0.15) is 0 Å². The second-order valence-electron chi connectivity index (χ2n) is 6.76. The first-order chi connectivity index (χ1) is 8.78. The van der Waals surface area contributed by atoms with Gasteiger partial charge in [-0.2, -0.15) is 0 Å². The van der Waals surface area contributed by atoms with Crippen LogP contribution in [0, 0.1) is 5.41 Å². The zero-order valence-corrected chi connectivity index (χ0v) is 13.5. The molecule has 0 fully saturated rings. The Morgan fingerprint density at radius 2 is 1.63 bits per heavy atom. The van der Waals surface area contributed by atoms with Crippen molar-refractivity contribution in [1.82, 2.24) is 0 Å². The molecular formula is C17H29BO. The lowest BCUT2D eigenvalue weighted by Gasteiger charge is -2.43. The molecule has 0 radical (unpaired) electrons. The number of benzene rings is 1. The summed E-state index contributed by atoms with van der Waals surface area (Å²) < 4.78 is 6.36. The molecule has 0 spiro atoms. The highest BCUT2D eigenvalue weighted by Crippen LogP contribution is 2.38. The van der Waals surface area contributed by atoms with Crippen molar-refractivity contribution in [2.24, 2.45) is 5.41 Å². The van der Waals surface area contributed by atoms with Crippen LogP contribution in [0.25, 0.3) is 0 Å². The van der Waals surface area contributed by atoms with Crippen LogP contribution in [0.5, 0.6) is 0 Å². The van der Waals surface area contributed by atoms with Crippen molar-refractivity contribution in [2.45, 2.75) is 66.2 Å². The molecule has 1 rings (SSSR count). The van der Waals surface area contributed by atoms with Gasteiger partial charge in [-0.15, -0.1) is 0 Å². The Kier molecular flexibility index (Phi) is 5.67. The van der Waals surface area contributed by atoms with Gasteiger partial charge in [0.25, 0.3) is 6.92 Å². The summed E-state index contributed by atoms with van der Waals surface area (Å²) in [7, 11) is 0. The van der Waals surface area contributed by atoms with Crippen molar-refractivity contribution in [3.63, 3.8) is 0 Å². The van der Waals surface area contributed by atoms with E-state index in [-0.39, 0.29) is 17.9 Å². The van der Waals surface area contributed by atoms with Crippen LogP contribution in [0.1, 0.15) is 53.0 Å². The standard InChI is InChI=1S/C17H29BO/c1-7-13-16(2,3)17(4,5)19-18(6)14-15-11-9-8-10-12-15/h8-12H,7,13-14H2,1-6H3. The van der Waals surface area contributed by atoms with Gasteiger partial charge in [-0.05, 0) is 32.0 Å². The number of hydrogen-bond acceptors (Lipinski definition) is 1. The lowest BCUT2D eigenvalue weighted by Crippen LogP contribution is -2.45. The summed E-state index contributed by atoms with van der Waals surface area (Å²) in [6, 6.07) is 10.6. The number of hydrogen-bond donors (Lipinski definition) is 0. The molecule has 0 aliphatic rings. The summed E-state index contributed by atoms with van der Waals surface area (Å²) in [5, 5.41) is 0. The normalized spacial score (nSPS) is 12.5. The van der Waals surface area contributed by atoms with Gasteiger partial charge in [0.2, 0.25) is 0 Å². The van der Waals surface area contributed by atoms with Crippen LogP contribution in [0.15, 0.2) is 30.3 Å².